The van der Waals surface area contributed by atoms with Crippen molar-refractivity contribution in [2.75, 3.05) is 20.5 Å². The van der Waals surface area contributed by atoms with Gasteiger partial charge in [0.15, 0.2) is 0 Å². The van der Waals surface area contributed by atoms with Gasteiger partial charge >= 0.3 is 13.6 Å². The summed E-state index contributed by atoms with van der Waals surface area (Å²) in [5, 5.41) is 11.9. The molecule has 0 saturated carbocycles. The van der Waals surface area contributed by atoms with Crippen molar-refractivity contribution in [3.8, 4) is 23.0 Å². The Labute approximate surface area is 225 Å². The average molecular weight is 554 g/mol. The van der Waals surface area contributed by atoms with Gasteiger partial charge in [-0.25, -0.2) is 8.87 Å². The van der Waals surface area contributed by atoms with E-state index in [4.69, 9.17) is 18.5 Å². The minimum atomic E-state index is -3.98. The number of ether oxygens (including phenoxy) is 2. The first-order chi connectivity index (χ1) is 18.3. The van der Waals surface area contributed by atoms with E-state index in [2.05, 4.69) is 0 Å². The molecule has 0 aromatic heterocycles. The van der Waals surface area contributed by atoms with E-state index in [-0.39, 0.29) is 6.29 Å². The lowest BCUT2D eigenvalue weighted by molar-refractivity contribution is -0.140. The maximum atomic E-state index is 14.2. The normalized spacial score (nSPS) is 12.2. The second kappa shape index (κ2) is 12.3. The Bertz CT molecular complexity index is 1380. The molecule has 198 valence electrons. The number of hydrogen-bond donors (Lipinski definition) is 1. The molecule has 0 fully saturated rings. The molecule has 4 aromatic rings. The van der Waals surface area contributed by atoms with Crippen LogP contribution in [0, 0.1) is 0 Å². The maximum absolute atomic E-state index is 14.2. The summed E-state index contributed by atoms with van der Waals surface area (Å²) in [5.41, 5.74) is 0. The molecular weight excluding hydrogens is 525 g/mol. The van der Waals surface area contributed by atoms with Gasteiger partial charge in [-0.15, -0.1) is 0 Å². The molecule has 10 heteroatoms. The number of carbonyl (C=O) groups is 1. The van der Waals surface area contributed by atoms with Crippen molar-refractivity contribution in [2.45, 2.75) is 17.9 Å². The fourth-order valence-electron chi connectivity index (χ4n) is 3.55. The molecular formula is C28H28NO7PS. The summed E-state index contributed by atoms with van der Waals surface area (Å²) in [6, 6.07) is 25.9. The summed E-state index contributed by atoms with van der Waals surface area (Å²) in [5.74, 6) is 0.730. The van der Waals surface area contributed by atoms with E-state index in [1.807, 2.05) is 42.5 Å². The lowest BCUT2D eigenvalue weighted by Crippen LogP contribution is -2.35. The average Bonchev–Trinajstić information content (AvgIpc) is 2.93. The van der Waals surface area contributed by atoms with Gasteiger partial charge in [-0.05, 0) is 90.3 Å². The van der Waals surface area contributed by atoms with E-state index >= 15 is 0 Å². The number of rotatable bonds is 12. The van der Waals surface area contributed by atoms with E-state index in [9.17, 15) is 14.5 Å². The lowest BCUT2D eigenvalue weighted by atomic mass is 10.1. The predicted molar refractivity (Wildman–Crippen MR) is 148 cm³/mol. The van der Waals surface area contributed by atoms with E-state index in [1.165, 1.54) is 23.2 Å². The molecule has 0 aliphatic rings. The smallest absolute Gasteiger partial charge is 0.445 e. The van der Waals surface area contributed by atoms with Crippen molar-refractivity contribution >= 4 is 36.3 Å². The summed E-state index contributed by atoms with van der Waals surface area (Å²) in [6.45, 7) is 1.53. The molecule has 1 unspecified atom stereocenters. The second-order valence-electron chi connectivity index (χ2n) is 8.32. The highest BCUT2D eigenvalue weighted by molar-refractivity contribution is 7.97. The summed E-state index contributed by atoms with van der Waals surface area (Å²) in [6.07, 6.45) is -0.310. The molecule has 4 rings (SSSR count). The van der Waals surface area contributed by atoms with Gasteiger partial charge in [0.05, 0.1) is 14.2 Å². The number of hydrogen-bond acceptors (Lipinski definition) is 8. The first-order valence-corrected chi connectivity index (χ1v) is 14.2. The van der Waals surface area contributed by atoms with Gasteiger partial charge < -0.3 is 23.6 Å². The zero-order valence-corrected chi connectivity index (χ0v) is 22.9. The number of aliphatic carboxylic acids is 1. The van der Waals surface area contributed by atoms with E-state index in [0.29, 0.717) is 23.0 Å². The third kappa shape index (κ3) is 7.01. The highest BCUT2D eigenvalue weighted by Crippen LogP contribution is 2.51. The molecule has 0 bridgehead atoms. The van der Waals surface area contributed by atoms with Crippen LogP contribution in [0.25, 0.3) is 10.8 Å². The summed E-state index contributed by atoms with van der Waals surface area (Å²) in [4.78, 5) is 12.8. The Morgan fingerprint density at radius 2 is 1.32 bits per heavy atom. The van der Waals surface area contributed by atoms with E-state index in [0.717, 1.165) is 15.7 Å². The van der Waals surface area contributed by atoms with Gasteiger partial charge in [0.1, 0.15) is 35.3 Å². The van der Waals surface area contributed by atoms with Gasteiger partial charge in [0.2, 0.25) is 0 Å². The number of benzene rings is 4. The molecule has 0 radical (unpaired) electrons. The van der Waals surface area contributed by atoms with Gasteiger partial charge in [-0.1, -0.05) is 30.3 Å². The third-order valence-electron chi connectivity index (χ3n) is 5.65. The van der Waals surface area contributed by atoms with Crippen LogP contribution in [0.1, 0.15) is 6.92 Å². The number of fused-ring (bicyclic) bond motifs is 1. The fourth-order valence-corrected chi connectivity index (χ4v) is 6.66. The van der Waals surface area contributed by atoms with Gasteiger partial charge in [0, 0.05) is 4.90 Å². The van der Waals surface area contributed by atoms with Crippen LogP contribution in [-0.2, 0) is 9.36 Å². The SMILES string of the molecule is COc1ccc(OP(=O)(CN(Sc2ccc3ccccc3c2)C(C)C(=O)O)Oc2ccc(OC)cc2)cc1. The number of nitrogens with zero attached hydrogens (tertiary/aromatic N) is 1. The van der Waals surface area contributed by atoms with Crippen molar-refractivity contribution in [1.29, 1.82) is 0 Å². The van der Waals surface area contributed by atoms with Crippen LogP contribution in [0.5, 0.6) is 23.0 Å². The van der Waals surface area contributed by atoms with Crippen LogP contribution in [0.3, 0.4) is 0 Å². The zero-order chi connectivity index (χ0) is 27.1. The molecule has 0 heterocycles. The van der Waals surface area contributed by atoms with Crippen LogP contribution < -0.4 is 18.5 Å². The largest absolute Gasteiger partial charge is 0.497 e. The number of carboxylic acids is 1. The molecule has 0 spiro atoms. The zero-order valence-electron chi connectivity index (χ0n) is 21.1. The fraction of sp³-hybridized carbons (Fsp3) is 0.179. The van der Waals surface area contributed by atoms with Gasteiger partial charge in [-0.2, -0.15) is 0 Å². The topological polar surface area (TPSA) is 94.5 Å². The predicted octanol–water partition coefficient (Wildman–Crippen LogP) is 6.95. The van der Waals surface area contributed by atoms with Crippen molar-refractivity contribution in [1.82, 2.24) is 4.31 Å². The molecule has 1 atom stereocenters. The van der Waals surface area contributed by atoms with Crippen molar-refractivity contribution in [2.24, 2.45) is 0 Å². The van der Waals surface area contributed by atoms with Gasteiger partial charge in [-0.3, -0.25) is 4.79 Å². The van der Waals surface area contributed by atoms with Crippen LogP contribution in [-0.4, -0.2) is 41.9 Å². The highest BCUT2D eigenvalue weighted by Gasteiger charge is 2.36. The summed E-state index contributed by atoms with van der Waals surface area (Å²) < 4.78 is 38.0. The Kier molecular flexibility index (Phi) is 8.84. The molecule has 0 amide bonds. The first-order valence-electron chi connectivity index (χ1n) is 11.7. The molecule has 1 N–H and O–H groups in total. The first kappa shape index (κ1) is 27.4. The van der Waals surface area contributed by atoms with Crippen LogP contribution in [0.15, 0.2) is 95.9 Å². The van der Waals surface area contributed by atoms with E-state index in [1.54, 1.807) is 62.8 Å². The molecule has 8 nitrogen and oxygen atoms in total. The standard InChI is InChI=1S/C28H28NO7PS/c1-20(28(30)31)29(38-27-17-8-21-6-4-5-7-22(21)18-27)19-37(32,35-25-13-9-23(33-2)10-14-25)36-26-15-11-24(34-3)12-16-26/h4-18,20H,19H2,1-3H3,(H,30,31). The quantitative estimate of drug-likeness (QED) is 0.148. The highest BCUT2D eigenvalue weighted by atomic mass is 32.2. The Morgan fingerprint density at radius 1 is 0.816 bits per heavy atom. The van der Waals surface area contributed by atoms with Crippen molar-refractivity contribution in [3.05, 3.63) is 91.0 Å². The third-order valence-corrected chi connectivity index (χ3v) is 8.62. The summed E-state index contributed by atoms with van der Waals surface area (Å²) in [7, 11) is -0.896. The molecule has 0 aliphatic carbocycles. The van der Waals surface area contributed by atoms with Gasteiger partial charge in [0.25, 0.3) is 0 Å². The summed E-state index contributed by atoms with van der Waals surface area (Å²) >= 11 is 1.18. The molecule has 0 saturated heterocycles. The lowest BCUT2D eigenvalue weighted by Gasteiger charge is -2.29. The maximum Gasteiger partial charge on any atom is 0.445 e. The van der Waals surface area contributed by atoms with Crippen molar-refractivity contribution < 1.29 is 33.0 Å². The Hall–Kier alpha value is -3.65. The van der Waals surface area contributed by atoms with Crippen molar-refractivity contribution in [3.63, 3.8) is 0 Å². The number of methoxy groups -OCH3 is 2. The minimum Gasteiger partial charge on any atom is -0.497 e. The van der Waals surface area contributed by atoms with Crippen LogP contribution >= 0.6 is 19.5 Å². The Morgan fingerprint density at radius 3 is 1.82 bits per heavy atom. The monoisotopic (exact) mass is 553 g/mol. The molecule has 4 aromatic carbocycles. The minimum absolute atomic E-state index is 0.293. The molecule has 0 aliphatic heterocycles. The van der Waals surface area contributed by atoms with E-state index < -0.39 is 19.6 Å². The van der Waals surface area contributed by atoms with Crippen LogP contribution in [0.4, 0.5) is 0 Å². The van der Waals surface area contributed by atoms with Crippen LogP contribution in [0.2, 0.25) is 0 Å². The molecule has 38 heavy (non-hydrogen) atoms. The second-order valence-corrected chi connectivity index (χ2v) is 11.3. The Balaban J connectivity index is 1.66. The number of carboxylic acid groups (broad SMARTS) is 1.